The first-order chi connectivity index (χ1) is 8.11. The molecule has 0 atom stereocenters. The van der Waals surface area contributed by atoms with Crippen LogP contribution in [-0.4, -0.2) is 27.0 Å². The summed E-state index contributed by atoms with van der Waals surface area (Å²) in [4.78, 5) is 10.1. The Kier molecular flexibility index (Phi) is 2.61. The van der Waals surface area contributed by atoms with Gasteiger partial charge in [-0.15, -0.1) is 5.10 Å². The molecule has 0 saturated heterocycles. The van der Waals surface area contributed by atoms with E-state index in [1.54, 1.807) is 0 Å². The average Bonchev–Trinajstić information content (AvgIpc) is 2.74. The van der Waals surface area contributed by atoms with Crippen molar-refractivity contribution < 1.29 is 9.66 Å². The van der Waals surface area contributed by atoms with E-state index in [4.69, 9.17) is 10.5 Å². The van der Waals surface area contributed by atoms with E-state index in [-0.39, 0.29) is 11.5 Å². The van der Waals surface area contributed by atoms with Gasteiger partial charge in [0, 0.05) is 6.07 Å². The molecule has 1 aromatic heterocycles. The maximum Gasteiger partial charge on any atom is 0.273 e. The number of nitro benzene ring substituents is 1. The summed E-state index contributed by atoms with van der Waals surface area (Å²) in [5.74, 6) is 0.578. The summed E-state index contributed by atoms with van der Waals surface area (Å²) >= 11 is 0. The molecule has 88 valence electrons. The van der Waals surface area contributed by atoms with Crippen LogP contribution in [0.4, 0.5) is 11.5 Å². The van der Waals surface area contributed by atoms with Gasteiger partial charge in [-0.3, -0.25) is 10.1 Å². The van der Waals surface area contributed by atoms with Crippen LogP contribution in [0, 0.1) is 10.1 Å². The SMILES string of the molecule is COc1cc([N+](=O)[O-])ccc1-n1cc(N)nn1. The Morgan fingerprint density at radius 2 is 2.29 bits per heavy atom. The fraction of sp³-hybridized carbons (Fsp3) is 0.111. The highest BCUT2D eigenvalue weighted by atomic mass is 16.6. The summed E-state index contributed by atoms with van der Waals surface area (Å²) in [5.41, 5.74) is 5.92. The molecule has 0 spiro atoms. The van der Waals surface area contributed by atoms with E-state index in [1.165, 1.54) is 36.2 Å². The van der Waals surface area contributed by atoms with Gasteiger partial charge in [-0.25, -0.2) is 4.68 Å². The third-order valence-corrected chi connectivity index (χ3v) is 2.13. The second kappa shape index (κ2) is 4.08. The molecule has 2 N–H and O–H groups in total. The van der Waals surface area contributed by atoms with E-state index in [9.17, 15) is 10.1 Å². The van der Waals surface area contributed by atoms with Gasteiger partial charge in [0.15, 0.2) is 11.6 Å². The van der Waals surface area contributed by atoms with Gasteiger partial charge in [0.1, 0.15) is 5.69 Å². The van der Waals surface area contributed by atoms with Crippen LogP contribution in [0.15, 0.2) is 24.4 Å². The maximum atomic E-state index is 10.6. The fourth-order valence-electron chi connectivity index (χ4n) is 1.36. The number of ether oxygens (including phenoxy) is 1. The van der Waals surface area contributed by atoms with Gasteiger partial charge in [0.05, 0.1) is 24.3 Å². The zero-order valence-electron chi connectivity index (χ0n) is 8.90. The minimum absolute atomic E-state index is 0.0568. The zero-order valence-corrected chi connectivity index (χ0v) is 8.90. The molecule has 0 saturated carbocycles. The number of non-ortho nitro benzene ring substituents is 1. The highest BCUT2D eigenvalue weighted by Gasteiger charge is 2.13. The Labute approximate surface area is 95.8 Å². The van der Waals surface area contributed by atoms with E-state index >= 15 is 0 Å². The predicted molar refractivity (Wildman–Crippen MR) is 59.0 cm³/mol. The van der Waals surface area contributed by atoms with Gasteiger partial charge in [0.2, 0.25) is 0 Å². The van der Waals surface area contributed by atoms with Crippen LogP contribution in [0.1, 0.15) is 0 Å². The van der Waals surface area contributed by atoms with Gasteiger partial charge in [-0.05, 0) is 6.07 Å². The van der Waals surface area contributed by atoms with Crippen molar-refractivity contribution in [2.45, 2.75) is 0 Å². The van der Waals surface area contributed by atoms with E-state index < -0.39 is 4.92 Å². The number of anilines is 1. The standard InChI is InChI=1S/C9H9N5O3/c1-17-8-4-6(14(15)16)2-3-7(8)13-5-9(10)11-12-13/h2-5H,10H2,1H3. The summed E-state index contributed by atoms with van der Waals surface area (Å²) in [7, 11) is 1.42. The summed E-state index contributed by atoms with van der Waals surface area (Å²) in [6.45, 7) is 0. The third kappa shape index (κ3) is 2.00. The number of nitrogen functional groups attached to an aromatic ring is 1. The van der Waals surface area contributed by atoms with Crippen molar-refractivity contribution in [1.82, 2.24) is 15.0 Å². The van der Waals surface area contributed by atoms with Gasteiger partial charge in [0.25, 0.3) is 5.69 Å². The molecule has 8 heteroatoms. The molecule has 0 amide bonds. The minimum atomic E-state index is -0.498. The lowest BCUT2D eigenvalue weighted by Gasteiger charge is -2.06. The molecular formula is C9H9N5O3. The maximum absolute atomic E-state index is 10.6. The van der Waals surface area contributed by atoms with Crippen LogP contribution >= 0.6 is 0 Å². The van der Waals surface area contributed by atoms with E-state index in [0.717, 1.165) is 0 Å². The predicted octanol–water partition coefficient (Wildman–Crippen LogP) is 0.766. The Bertz CT molecular complexity index is 566. The van der Waals surface area contributed by atoms with Crippen LogP contribution in [-0.2, 0) is 0 Å². The number of hydrogen-bond acceptors (Lipinski definition) is 6. The molecule has 1 aromatic carbocycles. The van der Waals surface area contributed by atoms with E-state index in [0.29, 0.717) is 11.4 Å². The highest BCUT2D eigenvalue weighted by molar-refractivity contribution is 5.53. The lowest BCUT2D eigenvalue weighted by molar-refractivity contribution is -0.384. The van der Waals surface area contributed by atoms with Crippen molar-refractivity contribution in [3.05, 3.63) is 34.5 Å². The zero-order chi connectivity index (χ0) is 12.4. The molecule has 2 aromatic rings. The Morgan fingerprint density at radius 3 is 2.82 bits per heavy atom. The normalized spacial score (nSPS) is 10.2. The summed E-state index contributed by atoms with van der Waals surface area (Å²) < 4.78 is 6.45. The van der Waals surface area contributed by atoms with Crippen molar-refractivity contribution in [3.63, 3.8) is 0 Å². The van der Waals surface area contributed by atoms with Crippen molar-refractivity contribution in [2.75, 3.05) is 12.8 Å². The number of methoxy groups -OCH3 is 1. The molecule has 0 radical (unpaired) electrons. The van der Waals surface area contributed by atoms with Gasteiger partial charge >= 0.3 is 0 Å². The monoisotopic (exact) mass is 235 g/mol. The van der Waals surface area contributed by atoms with Crippen LogP contribution in [0.25, 0.3) is 5.69 Å². The Balaban J connectivity index is 2.51. The number of nitro groups is 1. The van der Waals surface area contributed by atoms with Crippen LogP contribution in [0.3, 0.4) is 0 Å². The molecule has 0 unspecified atom stereocenters. The number of aromatic nitrogens is 3. The first-order valence-electron chi connectivity index (χ1n) is 4.62. The molecule has 0 aliphatic carbocycles. The molecule has 0 fully saturated rings. The van der Waals surface area contributed by atoms with Gasteiger partial charge < -0.3 is 10.5 Å². The van der Waals surface area contributed by atoms with E-state index in [2.05, 4.69) is 10.3 Å². The number of nitrogens with two attached hydrogens (primary N) is 1. The largest absolute Gasteiger partial charge is 0.494 e. The smallest absolute Gasteiger partial charge is 0.273 e. The minimum Gasteiger partial charge on any atom is -0.494 e. The average molecular weight is 235 g/mol. The summed E-state index contributed by atoms with van der Waals surface area (Å²) in [6, 6.07) is 4.19. The number of rotatable bonds is 3. The quantitative estimate of drug-likeness (QED) is 0.621. The van der Waals surface area contributed by atoms with Crippen molar-refractivity contribution >= 4 is 11.5 Å². The van der Waals surface area contributed by atoms with Crippen molar-refractivity contribution in [2.24, 2.45) is 0 Å². The fourth-order valence-corrected chi connectivity index (χ4v) is 1.36. The van der Waals surface area contributed by atoms with Gasteiger partial charge in [-0.1, -0.05) is 5.21 Å². The Hall–Kier alpha value is -2.64. The second-order valence-corrected chi connectivity index (χ2v) is 3.20. The second-order valence-electron chi connectivity index (χ2n) is 3.20. The number of nitrogens with zero attached hydrogens (tertiary/aromatic N) is 4. The first kappa shape index (κ1) is 10.9. The highest BCUT2D eigenvalue weighted by Crippen LogP contribution is 2.27. The molecule has 0 aliphatic heterocycles. The van der Waals surface area contributed by atoms with E-state index in [1.807, 2.05) is 0 Å². The number of hydrogen-bond donors (Lipinski definition) is 1. The molecule has 8 nitrogen and oxygen atoms in total. The lowest BCUT2D eigenvalue weighted by Crippen LogP contribution is -2.00. The van der Waals surface area contributed by atoms with Crippen molar-refractivity contribution in [1.29, 1.82) is 0 Å². The topological polar surface area (TPSA) is 109 Å². The van der Waals surface area contributed by atoms with Crippen molar-refractivity contribution in [3.8, 4) is 11.4 Å². The molecule has 0 aliphatic rings. The molecule has 2 rings (SSSR count). The molecular weight excluding hydrogens is 226 g/mol. The first-order valence-corrected chi connectivity index (χ1v) is 4.62. The lowest BCUT2D eigenvalue weighted by atomic mass is 10.2. The van der Waals surface area contributed by atoms with Crippen LogP contribution in [0.5, 0.6) is 5.75 Å². The third-order valence-electron chi connectivity index (χ3n) is 2.13. The van der Waals surface area contributed by atoms with Gasteiger partial charge in [-0.2, -0.15) is 0 Å². The summed E-state index contributed by atoms with van der Waals surface area (Å²) in [6.07, 6.45) is 1.49. The summed E-state index contributed by atoms with van der Waals surface area (Å²) in [5, 5.41) is 18.0. The van der Waals surface area contributed by atoms with Crippen LogP contribution < -0.4 is 10.5 Å². The Morgan fingerprint density at radius 1 is 1.53 bits per heavy atom. The number of benzene rings is 1. The molecule has 17 heavy (non-hydrogen) atoms. The molecule has 0 bridgehead atoms. The van der Waals surface area contributed by atoms with Crippen LogP contribution in [0.2, 0.25) is 0 Å². The molecule has 1 heterocycles.